The molecule has 0 radical (unpaired) electrons. The number of imide groups is 1. The summed E-state index contributed by atoms with van der Waals surface area (Å²) in [7, 11) is 1.57. The van der Waals surface area contributed by atoms with Crippen molar-refractivity contribution in [1.82, 2.24) is 4.90 Å². The highest BCUT2D eigenvalue weighted by molar-refractivity contribution is 6.36. The molecule has 7 heteroatoms. The van der Waals surface area contributed by atoms with Crippen molar-refractivity contribution in [3.63, 3.8) is 0 Å². The fourth-order valence-corrected chi connectivity index (χ4v) is 3.22. The number of benzene rings is 2. The van der Waals surface area contributed by atoms with Crippen molar-refractivity contribution in [3.05, 3.63) is 65.6 Å². The molecule has 2 aromatic carbocycles. The van der Waals surface area contributed by atoms with Gasteiger partial charge in [-0.15, -0.1) is 0 Å². The van der Waals surface area contributed by atoms with E-state index < -0.39 is 17.6 Å². The highest BCUT2D eigenvalue weighted by Gasteiger charge is 2.38. The van der Waals surface area contributed by atoms with Gasteiger partial charge in [0.1, 0.15) is 17.3 Å². The van der Waals surface area contributed by atoms with Gasteiger partial charge in [-0.25, -0.2) is 4.39 Å². The smallest absolute Gasteiger partial charge is 0.278 e. The first-order chi connectivity index (χ1) is 14.9. The maximum absolute atomic E-state index is 13.6. The third kappa shape index (κ3) is 5.49. The van der Waals surface area contributed by atoms with E-state index >= 15 is 0 Å². The average Bonchev–Trinajstić information content (AvgIpc) is 2.97. The van der Waals surface area contributed by atoms with Crippen molar-refractivity contribution in [2.75, 3.05) is 32.2 Å². The maximum atomic E-state index is 13.6. The molecule has 0 bridgehead atoms. The second-order valence-electron chi connectivity index (χ2n) is 7.72. The van der Waals surface area contributed by atoms with Crippen LogP contribution in [-0.4, -0.2) is 43.6 Å². The molecule has 1 aliphatic rings. The second kappa shape index (κ2) is 10.2. The number of carbonyl (C=O) groups excluding carboxylic acids is 2. The molecule has 0 saturated carbocycles. The van der Waals surface area contributed by atoms with Crippen LogP contribution in [0.3, 0.4) is 0 Å². The van der Waals surface area contributed by atoms with Gasteiger partial charge >= 0.3 is 0 Å². The second-order valence-corrected chi connectivity index (χ2v) is 7.72. The molecule has 164 valence electrons. The van der Waals surface area contributed by atoms with Crippen LogP contribution < -0.4 is 10.1 Å². The van der Waals surface area contributed by atoms with E-state index in [2.05, 4.69) is 19.2 Å². The number of hydrogen-bond donors (Lipinski definition) is 1. The average molecular weight is 426 g/mol. The number of halogens is 1. The van der Waals surface area contributed by atoms with Crippen molar-refractivity contribution in [1.29, 1.82) is 0 Å². The largest absolute Gasteiger partial charge is 0.493 e. The first kappa shape index (κ1) is 22.5. The van der Waals surface area contributed by atoms with Gasteiger partial charge in [-0.2, -0.15) is 0 Å². The molecule has 1 N–H and O–H groups in total. The Morgan fingerprint density at radius 2 is 1.81 bits per heavy atom. The molecule has 0 unspecified atom stereocenters. The van der Waals surface area contributed by atoms with Crippen molar-refractivity contribution in [2.45, 2.75) is 20.3 Å². The van der Waals surface area contributed by atoms with E-state index in [1.54, 1.807) is 37.4 Å². The lowest BCUT2D eigenvalue weighted by Gasteiger charge is -2.15. The molecule has 0 spiro atoms. The number of methoxy groups -OCH3 is 1. The summed E-state index contributed by atoms with van der Waals surface area (Å²) in [5.41, 5.74) is 1.36. The lowest BCUT2D eigenvalue weighted by Crippen LogP contribution is -2.33. The molecule has 3 rings (SSSR count). The predicted octanol–water partition coefficient (Wildman–Crippen LogP) is 4.09. The fraction of sp³-hybridized carbons (Fsp3) is 0.333. The number of nitrogens with zero attached hydrogens (tertiary/aromatic N) is 1. The van der Waals surface area contributed by atoms with Crippen LogP contribution in [-0.2, 0) is 14.3 Å². The Morgan fingerprint density at radius 3 is 2.45 bits per heavy atom. The van der Waals surface area contributed by atoms with Gasteiger partial charge in [-0.05, 0) is 48.2 Å². The van der Waals surface area contributed by atoms with Gasteiger partial charge in [-0.1, -0.05) is 32.0 Å². The summed E-state index contributed by atoms with van der Waals surface area (Å²) >= 11 is 0. The minimum absolute atomic E-state index is 0.129. The van der Waals surface area contributed by atoms with Gasteiger partial charge in [0, 0.05) is 25.9 Å². The number of ether oxygens (including phenoxy) is 2. The van der Waals surface area contributed by atoms with Gasteiger partial charge in [-0.3, -0.25) is 14.5 Å². The molecule has 0 aliphatic carbocycles. The zero-order valence-electron chi connectivity index (χ0n) is 18.0. The number of amides is 2. The van der Waals surface area contributed by atoms with Crippen LogP contribution in [0.2, 0.25) is 0 Å². The molecule has 0 atom stereocenters. The summed E-state index contributed by atoms with van der Waals surface area (Å²) in [6, 6.07) is 12.8. The summed E-state index contributed by atoms with van der Waals surface area (Å²) < 4.78 is 24.4. The van der Waals surface area contributed by atoms with Crippen molar-refractivity contribution < 1.29 is 23.5 Å². The Bertz CT molecular complexity index is 970. The van der Waals surface area contributed by atoms with Crippen LogP contribution in [0.4, 0.5) is 10.1 Å². The van der Waals surface area contributed by atoms with Crippen LogP contribution in [0.15, 0.2) is 54.2 Å². The van der Waals surface area contributed by atoms with Crippen molar-refractivity contribution >= 4 is 23.1 Å². The zero-order chi connectivity index (χ0) is 22.4. The molecule has 6 nitrogen and oxygen atoms in total. The molecule has 0 saturated heterocycles. The summed E-state index contributed by atoms with van der Waals surface area (Å²) in [6.45, 7) is 5.37. The van der Waals surface area contributed by atoms with Gasteiger partial charge in [0.2, 0.25) is 0 Å². The van der Waals surface area contributed by atoms with E-state index in [1.807, 2.05) is 0 Å². The molecule has 1 aliphatic heterocycles. The third-order valence-electron chi connectivity index (χ3n) is 4.72. The molecule has 31 heavy (non-hydrogen) atoms. The minimum atomic E-state index is -0.444. The standard InChI is InChI=1S/C24H27FN2O4/c1-16(2)15-31-20-10-8-17(9-11-20)21-22(26-19-7-4-6-18(25)14-19)24(29)27(23(21)28)12-5-13-30-3/h4,6-11,14,16,26H,5,12-13,15H2,1-3H3. The summed E-state index contributed by atoms with van der Waals surface area (Å²) in [5, 5.41) is 2.95. The molecule has 2 amide bonds. The molecule has 1 heterocycles. The summed E-state index contributed by atoms with van der Waals surface area (Å²) in [6.07, 6.45) is 0.524. The quantitative estimate of drug-likeness (QED) is 0.458. The van der Waals surface area contributed by atoms with Crippen LogP contribution in [0, 0.1) is 11.7 Å². The lowest BCUT2D eigenvalue weighted by atomic mass is 10.0. The highest BCUT2D eigenvalue weighted by Crippen LogP contribution is 2.31. The van der Waals surface area contributed by atoms with Crippen LogP contribution >= 0.6 is 0 Å². The van der Waals surface area contributed by atoms with E-state index in [-0.39, 0.29) is 17.8 Å². The number of carbonyl (C=O) groups is 2. The van der Waals surface area contributed by atoms with Crippen LogP contribution in [0.25, 0.3) is 5.57 Å². The Morgan fingerprint density at radius 1 is 1.06 bits per heavy atom. The number of anilines is 1. The monoisotopic (exact) mass is 426 g/mol. The Hall–Kier alpha value is -3.19. The van der Waals surface area contributed by atoms with Gasteiger partial charge in [0.25, 0.3) is 11.8 Å². The van der Waals surface area contributed by atoms with Crippen molar-refractivity contribution in [2.24, 2.45) is 5.92 Å². The predicted molar refractivity (Wildman–Crippen MR) is 117 cm³/mol. The summed E-state index contributed by atoms with van der Waals surface area (Å²) in [5.74, 6) is -0.200. The maximum Gasteiger partial charge on any atom is 0.278 e. The fourth-order valence-electron chi connectivity index (χ4n) is 3.22. The number of hydrogen-bond acceptors (Lipinski definition) is 5. The molecule has 0 fully saturated rings. The third-order valence-corrected chi connectivity index (χ3v) is 4.72. The van der Waals surface area contributed by atoms with E-state index in [0.717, 1.165) is 0 Å². The van der Waals surface area contributed by atoms with E-state index in [9.17, 15) is 14.0 Å². The first-order valence-electron chi connectivity index (χ1n) is 10.3. The van der Waals surface area contributed by atoms with Crippen LogP contribution in [0.5, 0.6) is 5.75 Å². The Kier molecular flexibility index (Phi) is 7.41. The van der Waals surface area contributed by atoms with Gasteiger partial charge < -0.3 is 14.8 Å². The van der Waals surface area contributed by atoms with E-state index in [0.29, 0.717) is 42.6 Å². The SMILES string of the molecule is COCCCN1C(=O)C(Nc2cccc(F)c2)=C(c2ccc(OCC(C)C)cc2)C1=O. The first-order valence-corrected chi connectivity index (χ1v) is 10.3. The number of nitrogens with one attached hydrogen (secondary N) is 1. The lowest BCUT2D eigenvalue weighted by molar-refractivity contribution is -0.136. The molecule has 0 aromatic heterocycles. The van der Waals surface area contributed by atoms with Gasteiger partial charge in [0.05, 0.1) is 12.2 Å². The van der Waals surface area contributed by atoms with Gasteiger partial charge in [0.15, 0.2) is 0 Å². The Labute approximate surface area is 181 Å². The summed E-state index contributed by atoms with van der Waals surface area (Å²) in [4.78, 5) is 27.4. The number of rotatable bonds is 10. The van der Waals surface area contributed by atoms with Crippen molar-refractivity contribution in [3.8, 4) is 5.75 Å². The normalized spacial score (nSPS) is 14.0. The highest BCUT2D eigenvalue weighted by atomic mass is 19.1. The zero-order valence-corrected chi connectivity index (χ0v) is 18.0. The van der Waals surface area contributed by atoms with E-state index in [1.165, 1.54) is 23.1 Å². The Balaban J connectivity index is 1.92. The molecule has 2 aromatic rings. The molecular formula is C24H27FN2O4. The van der Waals surface area contributed by atoms with E-state index in [4.69, 9.17) is 9.47 Å². The molecular weight excluding hydrogens is 399 g/mol. The van der Waals surface area contributed by atoms with Crippen LogP contribution in [0.1, 0.15) is 25.8 Å². The minimum Gasteiger partial charge on any atom is -0.493 e. The topological polar surface area (TPSA) is 67.9 Å².